The van der Waals surface area contributed by atoms with Gasteiger partial charge in [0.25, 0.3) is 5.56 Å². The van der Waals surface area contributed by atoms with Crippen molar-refractivity contribution in [1.82, 2.24) is 9.55 Å². The Morgan fingerprint density at radius 3 is 2.58 bits per heavy atom. The molecule has 1 aromatic heterocycles. The molecule has 0 radical (unpaired) electrons. The highest BCUT2D eigenvalue weighted by Gasteiger charge is 2.05. The normalized spacial score (nSPS) is 10.2. The fourth-order valence-electron chi connectivity index (χ4n) is 0.926. The summed E-state index contributed by atoms with van der Waals surface area (Å²) in [6.07, 6.45) is 0. The summed E-state index contributed by atoms with van der Waals surface area (Å²) in [6, 6.07) is 0. The average Bonchev–Trinajstić information content (AvgIpc) is 2.01. The van der Waals surface area contributed by atoms with E-state index in [4.69, 9.17) is 0 Å². The summed E-state index contributed by atoms with van der Waals surface area (Å²) in [7, 11) is 0. The van der Waals surface area contributed by atoms with Crippen molar-refractivity contribution in [2.24, 2.45) is 0 Å². The highest BCUT2D eigenvalue weighted by molar-refractivity contribution is 9.10. The van der Waals surface area contributed by atoms with Crippen LogP contribution in [-0.4, -0.2) is 9.55 Å². The molecule has 0 aliphatic rings. The van der Waals surface area contributed by atoms with Gasteiger partial charge < -0.3 is 0 Å². The molecule has 0 unspecified atom stereocenters. The van der Waals surface area contributed by atoms with Gasteiger partial charge in [0, 0.05) is 12.1 Å². The number of halogens is 1. The second kappa shape index (κ2) is 3.26. The van der Waals surface area contributed by atoms with E-state index < -0.39 is 0 Å². The highest BCUT2D eigenvalue weighted by Crippen LogP contribution is 2.08. The van der Waals surface area contributed by atoms with Crippen LogP contribution in [0.4, 0.5) is 0 Å². The first-order valence-corrected chi connectivity index (χ1v) is 4.36. The van der Waals surface area contributed by atoms with E-state index in [-0.39, 0.29) is 11.2 Å². The van der Waals surface area contributed by atoms with E-state index in [1.807, 2.05) is 6.92 Å². The molecule has 0 amide bonds. The van der Waals surface area contributed by atoms with Crippen LogP contribution in [0.15, 0.2) is 14.2 Å². The lowest BCUT2D eigenvalue weighted by Crippen LogP contribution is -2.31. The molecule has 0 aromatic carbocycles. The maximum Gasteiger partial charge on any atom is 0.329 e. The van der Waals surface area contributed by atoms with Crippen LogP contribution < -0.4 is 11.2 Å². The van der Waals surface area contributed by atoms with Crippen molar-refractivity contribution in [3.63, 3.8) is 0 Å². The Labute approximate surface area is 77.4 Å². The van der Waals surface area contributed by atoms with Crippen molar-refractivity contribution in [2.75, 3.05) is 0 Å². The van der Waals surface area contributed by atoms with E-state index in [2.05, 4.69) is 20.9 Å². The number of nitrogens with one attached hydrogen (secondary N) is 1. The number of aromatic amines is 1. The molecule has 0 aliphatic carbocycles. The Balaban J connectivity index is 3.63. The van der Waals surface area contributed by atoms with Gasteiger partial charge in [0.1, 0.15) is 0 Å². The molecule has 1 aromatic rings. The minimum Gasteiger partial charge on any atom is -0.288 e. The van der Waals surface area contributed by atoms with Crippen LogP contribution in [0, 0.1) is 6.92 Å². The second-order valence-electron chi connectivity index (χ2n) is 2.42. The summed E-state index contributed by atoms with van der Waals surface area (Å²) in [6.45, 7) is 4.04. The van der Waals surface area contributed by atoms with Crippen LogP contribution in [0.1, 0.15) is 12.5 Å². The Kier molecular flexibility index (Phi) is 2.52. The number of rotatable bonds is 1. The molecule has 0 spiro atoms. The number of H-pyrrole nitrogens is 1. The summed E-state index contributed by atoms with van der Waals surface area (Å²) in [4.78, 5) is 24.4. The van der Waals surface area contributed by atoms with Gasteiger partial charge in [0.15, 0.2) is 0 Å². The molecule has 1 N–H and O–H groups in total. The lowest BCUT2D eigenvalue weighted by Gasteiger charge is -2.05. The summed E-state index contributed by atoms with van der Waals surface area (Å²) < 4.78 is 2.01. The van der Waals surface area contributed by atoms with Crippen molar-refractivity contribution in [2.45, 2.75) is 20.4 Å². The lowest BCUT2D eigenvalue weighted by molar-refractivity contribution is 0.669. The first-order chi connectivity index (χ1) is 5.57. The summed E-state index contributed by atoms with van der Waals surface area (Å²) >= 11 is 3.18. The standard InChI is InChI=1S/C7H9BrN2O2/c1-3-10-5(8)4(2)6(11)9-7(10)12/h3H2,1-2H3,(H,9,11,12). The molecule has 66 valence electrons. The van der Waals surface area contributed by atoms with Gasteiger partial charge in [0.2, 0.25) is 0 Å². The number of hydrogen-bond donors (Lipinski definition) is 1. The smallest absolute Gasteiger partial charge is 0.288 e. The van der Waals surface area contributed by atoms with Crippen LogP contribution in [0.3, 0.4) is 0 Å². The lowest BCUT2D eigenvalue weighted by atomic mass is 10.4. The van der Waals surface area contributed by atoms with Crippen molar-refractivity contribution in [3.8, 4) is 0 Å². The van der Waals surface area contributed by atoms with E-state index in [1.165, 1.54) is 4.57 Å². The first-order valence-electron chi connectivity index (χ1n) is 3.57. The zero-order chi connectivity index (χ0) is 9.30. The number of nitrogens with zero attached hydrogens (tertiary/aromatic N) is 1. The summed E-state index contributed by atoms with van der Waals surface area (Å²) in [5.74, 6) is 0. The van der Waals surface area contributed by atoms with Crippen LogP contribution in [-0.2, 0) is 6.54 Å². The van der Waals surface area contributed by atoms with Crippen LogP contribution in [0.25, 0.3) is 0 Å². The van der Waals surface area contributed by atoms with Crippen molar-refractivity contribution >= 4 is 15.9 Å². The van der Waals surface area contributed by atoms with E-state index in [0.29, 0.717) is 16.7 Å². The molecule has 1 rings (SSSR count). The SMILES string of the molecule is CCn1c(Br)c(C)c(=O)[nH]c1=O. The third kappa shape index (κ3) is 1.36. The molecule has 0 bridgehead atoms. The predicted octanol–water partition coefficient (Wildman–Crippen LogP) is 0.627. The molecule has 5 heteroatoms. The Bertz CT molecular complexity index is 405. The Morgan fingerprint density at radius 1 is 1.50 bits per heavy atom. The van der Waals surface area contributed by atoms with E-state index in [9.17, 15) is 9.59 Å². The van der Waals surface area contributed by atoms with E-state index in [1.54, 1.807) is 6.92 Å². The summed E-state index contributed by atoms with van der Waals surface area (Å²) in [5, 5.41) is 0. The second-order valence-corrected chi connectivity index (χ2v) is 3.17. The van der Waals surface area contributed by atoms with Gasteiger partial charge in [-0.05, 0) is 29.8 Å². The molecule has 12 heavy (non-hydrogen) atoms. The zero-order valence-electron chi connectivity index (χ0n) is 6.85. The van der Waals surface area contributed by atoms with Gasteiger partial charge >= 0.3 is 5.69 Å². The van der Waals surface area contributed by atoms with Gasteiger partial charge in [-0.25, -0.2) is 4.79 Å². The Morgan fingerprint density at radius 2 is 2.08 bits per heavy atom. The monoisotopic (exact) mass is 232 g/mol. The molecule has 4 nitrogen and oxygen atoms in total. The number of hydrogen-bond acceptors (Lipinski definition) is 2. The first kappa shape index (κ1) is 9.25. The van der Waals surface area contributed by atoms with Crippen LogP contribution >= 0.6 is 15.9 Å². The minimum absolute atomic E-state index is 0.337. The topological polar surface area (TPSA) is 54.9 Å². The maximum absolute atomic E-state index is 11.1. The third-order valence-corrected chi connectivity index (χ3v) is 2.69. The molecule has 0 atom stereocenters. The summed E-state index contributed by atoms with van der Waals surface area (Å²) in [5.41, 5.74) is -0.187. The predicted molar refractivity (Wildman–Crippen MR) is 49.4 cm³/mol. The molecule has 0 saturated carbocycles. The molecular weight excluding hydrogens is 224 g/mol. The van der Waals surface area contributed by atoms with Gasteiger partial charge in [-0.15, -0.1) is 0 Å². The van der Waals surface area contributed by atoms with Crippen molar-refractivity contribution < 1.29 is 0 Å². The highest BCUT2D eigenvalue weighted by atomic mass is 79.9. The van der Waals surface area contributed by atoms with Crippen LogP contribution in [0.5, 0.6) is 0 Å². The largest absolute Gasteiger partial charge is 0.329 e. The molecular formula is C7H9BrN2O2. The van der Waals surface area contributed by atoms with Gasteiger partial charge in [-0.3, -0.25) is 14.3 Å². The van der Waals surface area contributed by atoms with Gasteiger partial charge in [0.05, 0.1) is 4.60 Å². The molecule has 0 fully saturated rings. The van der Waals surface area contributed by atoms with Crippen LogP contribution in [0.2, 0.25) is 0 Å². The van der Waals surface area contributed by atoms with Gasteiger partial charge in [-0.1, -0.05) is 0 Å². The quantitative estimate of drug-likeness (QED) is 0.723. The fraction of sp³-hybridized carbons (Fsp3) is 0.429. The fourth-order valence-corrected chi connectivity index (χ4v) is 1.52. The molecule has 1 heterocycles. The minimum atomic E-state index is -0.375. The van der Waals surface area contributed by atoms with Gasteiger partial charge in [-0.2, -0.15) is 0 Å². The zero-order valence-corrected chi connectivity index (χ0v) is 8.43. The number of aromatic nitrogens is 2. The third-order valence-electron chi connectivity index (χ3n) is 1.67. The van der Waals surface area contributed by atoms with Crippen molar-refractivity contribution in [1.29, 1.82) is 0 Å². The molecule has 0 aliphatic heterocycles. The average molecular weight is 233 g/mol. The maximum atomic E-state index is 11.1. The van der Waals surface area contributed by atoms with E-state index >= 15 is 0 Å². The molecule has 0 saturated heterocycles. The Hall–Kier alpha value is -0.840. The van der Waals surface area contributed by atoms with E-state index in [0.717, 1.165) is 0 Å². The van der Waals surface area contributed by atoms with Crippen molar-refractivity contribution in [3.05, 3.63) is 31.0 Å².